The average molecular weight is 416 g/mol. The maximum absolute atomic E-state index is 13.2. The van der Waals surface area contributed by atoms with E-state index in [2.05, 4.69) is 20.8 Å². The second kappa shape index (κ2) is 8.13. The standard InChI is InChI=1S/C20H19F3N6O/c21-20(22,23)15-5-8-18(28-9-1-2-10-28)17(12-15)25-19(30)11-14-3-6-16(7-4-14)29-13-24-26-27-29/h3-8,12-13H,1-2,9-11H2,(H,25,30). The Kier molecular flexibility index (Phi) is 5.39. The monoisotopic (exact) mass is 416 g/mol. The maximum Gasteiger partial charge on any atom is 0.416 e. The molecule has 0 spiro atoms. The predicted molar refractivity (Wildman–Crippen MR) is 104 cm³/mol. The van der Waals surface area contributed by atoms with Gasteiger partial charge in [-0.3, -0.25) is 4.79 Å². The maximum atomic E-state index is 13.2. The SMILES string of the molecule is O=C(Cc1ccc(-n2cnnn2)cc1)Nc1cc(C(F)(F)F)ccc1N1CCCC1. The van der Waals surface area contributed by atoms with Crippen molar-refractivity contribution in [1.29, 1.82) is 0 Å². The number of nitrogens with one attached hydrogen (secondary N) is 1. The van der Waals surface area contributed by atoms with E-state index in [4.69, 9.17) is 0 Å². The second-order valence-corrected chi connectivity index (χ2v) is 7.07. The van der Waals surface area contributed by atoms with E-state index in [1.54, 1.807) is 24.3 Å². The zero-order valence-electron chi connectivity index (χ0n) is 15.9. The number of tetrazole rings is 1. The van der Waals surface area contributed by atoms with Crippen LogP contribution in [0.5, 0.6) is 0 Å². The molecular formula is C20H19F3N6O. The highest BCUT2D eigenvalue weighted by Gasteiger charge is 2.32. The van der Waals surface area contributed by atoms with Crippen LogP contribution in [0.1, 0.15) is 24.0 Å². The van der Waals surface area contributed by atoms with Gasteiger partial charge in [-0.2, -0.15) is 13.2 Å². The van der Waals surface area contributed by atoms with Crippen molar-refractivity contribution in [3.05, 3.63) is 59.9 Å². The minimum atomic E-state index is -4.48. The van der Waals surface area contributed by atoms with Gasteiger partial charge in [-0.15, -0.1) is 5.10 Å². The zero-order valence-corrected chi connectivity index (χ0v) is 15.9. The molecule has 1 aliphatic rings. The molecule has 1 aromatic heterocycles. The summed E-state index contributed by atoms with van der Waals surface area (Å²) < 4.78 is 41.0. The first-order chi connectivity index (χ1) is 14.4. The lowest BCUT2D eigenvalue weighted by Gasteiger charge is -2.23. The van der Waals surface area contributed by atoms with Crippen molar-refractivity contribution in [2.45, 2.75) is 25.4 Å². The lowest BCUT2D eigenvalue weighted by atomic mass is 10.1. The van der Waals surface area contributed by atoms with Crippen LogP contribution in [0, 0.1) is 0 Å². The quantitative estimate of drug-likeness (QED) is 0.689. The number of benzene rings is 2. The zero-order chi connectivity index (χ0) is 21.1. The van der Waals surface area contributed by atoms with Crippen LogP contribution in [0.2, 0.25) is 0 Å². The number of carbonyl (C=O) groups is 1. The molecule has 1 aliphatic heterocycles. The molecule has 2 aromatic carbocycles. The van der Waals surface area contributed by atoms with Crippen molar-refractivity contribution in [3.63, 3.8) is 0 Å². The largest absolute Gasteiger partial charge is 0.416 e. The lowest BCUT2D eigenvalue weighted by Crippen LogP contribution is -2.22. The van der Waals surface area contributed by atoms with Gasteiger partial charge in [0.1, 0.15) is 6.33 Å². The Bertz CT molecular complexity index is 1010. The average Bonchev–Trinajstić information content (AvgIpc) is 3.42. The van der Waals surface area contributed by atoms with E-state index in [9.17, 15) is 18.0 Å². The second-order valence-electron chi connectivity index (χ2n) is 7.07. The number of alkyl halides is 3. The number of rotatable bonds is 5. The van der Waals surface area contributed by atoms with Gasteiger partial charge in [-0.05, 0) is 59.2 Å². The van der Waals surface area contributed by atoms with Crippen LogP contribution in [0.3, 0.4) is 0 Å². The van der Waals surface area contributed by atoms with Crippen LogP contribution >= 0.6 is 0 Å². The van der Waals surface area contributed by atoms with Gasteiger partial charge in [0.25, 0.3) is 0 Å². The van der Waals surface area contributed by atoms with E-state index >= 15 is 0 Å². The van der Waals surface area contributed by atoms with E-state index < -0.39 is 11.7 Å². The first-order valence-corrected chi connectivity index (χ1v) is 9.48. The van der Waals surface area contributed by atoms with E-state index in [1.165, 1.54) is 17.1 Å². The molecule has 1 amide bonds. The van der Waals surface area contributed by atoms with Gasteiger partial charge in [0, 0.05) is 13.1 Å². The summed E-state index contributed by atoms with van der Waals surface area (Å²) >= 11 is 0. The summed E-state index contributed by atoms with van der Waals surface area (Å²) in [5, 5.41) is 13.6. The number of nitrogens with zero attached hydrogens (tertiary/aromatic N) is 5. The molecule has 2 heterocycles. The summed E-state index contributed by atoms with van der Waals surface area (Å²) in [4.78, 5) is 14.6. The van der Waals surface area contributed by atoms with Gasteiger partial charge in [0.15, 0.2) is 0 Å². The Labute approximate surface area is 170 Å². The summed E-state index contributed by atoms with van der Waals surface area (Å²) in [6.07, 6.45) is -1.04. The predicted octanol–water partition coefficient (Wildman–Crippen LogP) is 3.46. The number of anilines is 2. The molecule has 0 atom stereocenters. The summed E-state index contributed by atoms with van der Waals surface area (Å²) in [5.41, 5.74) is 1.47. The number of amides is 1. The van der Waals surface area contributed by atoms with E-state index in [-0.39, 0.29) is 18.0 Å². The first kappa shape index (κ1) is 19.9. The van der Waals surface area contributed by atoms with Gasteiger partial charge >= 0.3 is 6.18 Å². The van der Waals surface area contributed by atoms with Crippen molar-refractivity contribution in [3.8, 4) is 5.69 Å². The molecule has 1 N–H and O–H groups in total. The third-order valence-electron chi connectivity index (χ3n) is 4.96. The van der Waals surface area contributed by atoms with Crippen molar-refractivity contribution in [2.75, 3.05) is 23.3 Å². The molecule has 0 saturated carbocycles. The first-order valence-electron chi connectivity index (χ1n) is 9.48. The van der Waals surface area contributed by atoms with Crippen molar-refractivity contribution < 1.29 is 18.0 Å². The van der Waals surface area contributed by atoms with Crippen molar-refractivity contribution >= 4 is 17.3 Å². The highest BCUT2D eigenvalue weighted by atomic mass is 19.4. The highest BCUT2D eigenvalue weighted by Crippen LogP contribution is 2.36. The number of carbonyl (C=O) groups excluding carboxylic acids is 1. The molecule has 0 aliphatic carbocycles. The van der Waals surface area contributed by atoms with Crippen LogP contribution in [-0.4, -0.2) is 39.2 Å². The molecule has 4 rings (SSSR count). The molecule has 10 heteroatoms. The van der Waals surface area contributed by atoms with Gasteiger partial charge in [0.2, 0.25) is 5.91 Å². The van der Waals surface area contributed by atoms with Gasteiger partial charge < -0.3 is 10.2 Å². The topological polar surface area (TPSA) is 75.9 Å². The Hall–Kier alpha value is -3.43. The third kappa shape index (κ3) is 4.42. The van der Waals surface area contributed by atoms with Crippen LogP contribution in [0.15, 0.2) is 48.8 Å². The summed E-state index contributed by atoms with van der Waals surface area (Å²) in [5.74, 6) is -0.384. The molecule has 0 unspecified atom stereocenters. The van der Waals surface area contributed by atoms with E-state index in [0.29, 0.717) is 5.69 Å². The van der Waals surface area contributed by atoms with Crippen LogP contribution in [-0.2, 0) is 17.4 Å². The summed E-state index contributed by atoms with van der Waals surface area (Å²) in [7, 11) is 0. The highest BCUT2D eigenvalue weighted by molar-refractivity contribution is 5.95. The molecule has 0 radical (unpaired) electrons. The smallest absolute Gasteiger partial charge is 0.370 e. The van der Waals surface area contributed by atoms with Crippen LogP contribution < -0.4 is 10.2 Å². The number of hydrogen-bond acceptors (Lipinski definition) is 5. The molecule has 3 aromatic rings. The molecular weight excluding hydrogens is 397 g/mol. The number of aromatic nitrogens is 4. The van der Waals surface area contributed by atoms with Gasteiger partial charge in [-0.25, -0.2) is 4.68 Å². The van der Waals surface area contributed by atoms with Crippen molar-refractivity contribution in [2.24, 2.45) is 0 Å². The number of hydrogen-bond donors (Lipinski definition) is 1. The molecule has 1 fully saturated rings. The fraction of sp³-hybridized carbons (Fsp3) is 0.300. The summed E-state index contributed by atoms with van der Waals surface area (Å²) in [6, 6.07) is 10.5. The Morgan fingerprint density at radius 2 is 1.80 bits per heavy atom. The lowest BCUT2D eigenvalue weighted by molar-refractivity contribution is -0.137. The Morgan fingerprint density at radius 3 is 2.43 bits per heavy atom. The number of halogens is 3. The third-order valence-corrected chi connectivity index (χ3v) is 4.96. The van der Waals surface area contributed by atoms with Crippen LogP contribution in [0.4, 0.5) is 24.5 Å². The fourth-order valence-electron chi connectivity index (χ4n) is 3.47. The minimum absolute atomic E-state index is 0.0333. The van der Waals surface area contributed by atoms with Gasteiger partial charge in [0.05, 0.1) is 29.0 Å². The summed E-state index contributed by atoms with van der Waals surface area (Å²) in [6.45, 7) is 1.51. The van der Waals surface area contributed by atoms with Crippen LogP contribution in [0.25, 0.3) is 5.69 Å². The van der Waals surface area contributed by atoms with Gasteiger partial charge in [-0.1, -0.05) is 12.1 Å². The van der Waals surface area contributed by atoms with E-state index in [0.717, 1.165) is 49.3 Å². The minimum Gasteiger partial charge on any atom is -0.370 e. The molecule has 0 bridgehead atoms. The van der Waals surface area contributed by atoms with E-state index in [1.807, 2.05) is 4.90 Å². The van der Waals surface area contributed by atoms with Crippen molar-refractivity contribution in [1.82, 2.24) is 20.2 Å². The molecule has 156 valence electrons. The molecule has 30 heavy (non-hydrogen) atoms. The normalized spacial score (nSPS) is 14.2. The fourth-order valence-corrected chi connectivity index (χ4v) is 3.47. The Morgan fingerprint density at radius 1 is 1.07 bits per heavy atom. The molecule has 1 saturated heterocycles. The Balaban J connectivity index is 1.51. The molecule has 7 nitrogen and oxygen atoms in total.